The standard InChI is InChI=1S/C17H12N2/c1-3-7-12(8-4-1)16-11-14-13-9-5-2-6-10-15(13)18-17(14)19-16/h1-11H,(H,18,19). The van der Waals surface area contributed by atoms with Gasteiger partial charge in [-0.3, -0.25) is 0 Å². The second kappa shape index (κ2) is 3.95. The molecule has 1 N–H and O–H groups in total. The molecule has 0 saturated carbocycles. The normalized spacial score (nSPS) is 11.2. The van der Waals surface area contributed by atoms with Crippen molar-refractivity contribution in [3.8, 4) is 11.3 Å². The zero-order valence-electron chi connectivity index (χ0n) is 10.3. The van der Waals surface area contributed by atoms with Crippen LogP contribution in [0.2, 0.25) is 0 Å². The average Bonchev–Trinajstić information content (AvgIpc) is 2.90. The largest absolute Gasteiger partial charge is 0.339 e. The maximum absolute atomic E-state index is 4.69. The quantitative estimate of drug-likeness (QED) is 0.528. The Kier molecular flexibility index (Phi) is 2.15. The molecule has 0 fully saturated rings. The van der Waals surface area contributed by atoms with E-state index in [2.05, 4.69) is 46.4 Å². The summed E-state index contributed by atoms with van der Waals surface area (Å²) in [6.07, 6.45) is 0. The van der Waals surface area contributed by atoms with E-state index in [0.29, 0.717) is 0 Å². The Balaban J connectivity index is 2.01. The predicted octanol–water partition coefficient (Wildman–Crippen LogP) is 4.38. The zero-order chi connectivity index (χ0) is 12.7. The first-order valence-electron chi connectivity index (χ1n) is 6.35. The van der Waals surface area contributed by atoms with E-state index in [1.54, 1.807) is 0 Å². The third-order valence-corrected chi connectivity index (χ3v) is 3.42. The summed E-state index contributed by atoms with van der Waals surface area (Å²) in [5, 5.41) is 2.40. The van der Waals surface area contributed by atoms with Crippen molar-refractivity contribution in [2.24, 2.45) is 0 Å². The first-order valence-corrected chi connectivity index (χ1v) is 6.35. The van der Waals surface area contributed by atoms with Crippen LogP contribution in [0, 0.1) is 0 Å². The molecule has 0 spiro atoms. The van der Waals surface area contributed by atoms with Crippen LogP contribution in [0.15, 0.2) is 66.7 Å². The van der Waals surface area contributed by atoms with Crippen molar-refractivity contribution < 1.29 is 0 Å². The summed E-state index contributed by atoms with van der Waals surface area (Å²) in [6, 6.07) is 22.8. The molecule has 0 aliphatic carbocycles. The Bertz CT molecular complexity index is 860. The fourth-order valence-corrected chi connectivity index (χ4v) is 2.49. The van der Waals surface area contributed by atoms with E-state index in [0.717, 1.165) is 22.4 Å². The topological polar surface area (TPSA) is 28.7 Å². The first-order chi connectivity index (χ1) is 9.42. The highest BCUT2D eigenvalue weighted by Gasteiger charge is 2.09. The number of nitrogens with one attached hydrogen (secondary N) is 1. The van der Waals surface area contributed by atoms with Crippen molar-refractivity contribution in [1.29, 1.82) is 0 Å². The molecule has 2 nitrogen and oxygen atoms in total. The van der Waals surface area contributed by atoms with Gasteiger partial charge in [0.15, 0.2) is 0 Å². The van der Waals surface area contributed by atoms with Crippen molar-refractivity contribution in [1.82, 2.24) is 9.97 Å². The fraction of sp³-hybridized carbons (Fsp3) is 0. The highest BCUT2D eigenvalue weighted by Crippen LogP contribution is 2.29. The molecule has 0 bridgehead atoms. The van der Waals surface area contributed by atoms with Crippen LogP contribution in [0.5, 0.6) is 0 Å². The van der Waals surface area contributed by atoms with Crippen LogP contribution in [-0.4, -0.2) is 9.97 Å². The molecule has 0 unspecified atom stereocenters. The summed E-state index contributed by atoms with van der Waals surface area (Å²) >= 11 is 0. The third kappa shape index (κ3) is 1.61. The minimum absolute atomic E-state index is 0.958. The first kappa shape index (κ1) is 10.3. The van der Waals surface area contributed by atoms with E-state index < -0.39 is 0 Å². The van der Waals surface area contributed by atoms with Crippen LogP contribution in [0.3, 0.4) is 0 Å². The van der Waals surface area contributed by atoms with Crippen LogP contribution < -0.4 is 0 Å². The van der Waals surface area contributed by atoms with Crippen molar-refractivity contribution in [3.63, 3.8) is 0 Å². The molecule has 0 aliphatic rings. The molecule has 0 amide bonds. The Morgan fingerprint density at radius 2 is 1.47 bits per heavy atom. The van der Waals surface area contributed by atoms with Gasteiger partial charge >= 0.3 is 0 Å². The summed E-state index contributed by atoms with van der Waals surface area (Å²) in [4.78, 5) is 8.06. The number of nitrogens with zero attached hydrogens (tertiary/aromatic N) is 1. The number of rotatable bonds is 1. The summed E-state index contributed by atoms with van der Waals surface area (Å²) in [6.45, 7) is 0. The van der Waals surface area contributed by atoms with E-state index >= 15 is 0 Å². The third-order valence-electron chi connectivity index (χ3n) is 3.42. The maximum Gasteiger partial charge on any atom is 0.139 e. The molecular formula is C17H12N2. The van der Waals surface area contributed by atoms with Crippen LogP contribution in [0.4, 0.5) is 0 Å². The van der Waals surface area contributed by atoms with Gasteiger partial charge in [0.1, 0.15) is 5.65 Å². The van der Waals surface area contributed by atoms with Gasteiger partial charge in [-0.1, -0.05) is 54.6 Å². The smallest absolute Gasteiger partial charge is 0.139 e. The molecule has 4 aromatic rings. The monoisotopic (exact) mass is 244 g/mol. The van der Waals surface area contributed by atoms with Crippen molar-refractivity contribution in [3.05, 3.63) is 66.7 Å². The number of hydrogen-bond acceptors (Lipinski definition) is 1. The SMILES string of the molecule is c1ccc(-c2cc3c(n2)[nH]c2cccccc23)cc1. The molecular weight excluding hydrogens is 232 g/mol. The zero-order valence-corrected chi connectivity index (χ0v) is 10.3. The minimum atomic E-state index is 0.958. The lowest BCUT2D eigenvalue weighted by Gasteiger charge is -1.93. The Labute approximate surface area is 110 Å². The van der Waals surface area contributed by atoms with Gasteiger partial charge in [-0.25, -0.2) is 4.98 Å². The Morgan fingerprint density at radius 3 is 2.32 bits per heavy atom. The van der Waals surface area contributed by atoms with Gasteiger partial charge in [0.05, 0.1) is 5.69 Å². The van der Waals surface area contributed by atoms with E-state index in [9.17, 15) is 0 Å². The van der Waals surface area contributed by atoms with Crippen molar-refractivity contribution in [2.75, 3.05) is 0 Å². The van der Waals surface area contributed by atoms with Crippen molar-refractivity contribution in [2.45, 2.75) is 0 Å². The van der Waals surface area contributed by atoms with Crippen LogP contribution >= 0.6 is 0 Å². The predicted molar refractivity (Wildman–Crippen MR) is 79.0 cm³/mol. The van der Waals surface area contributed by atoms with Crippen LogP contribution in [-0.2, 0) is 0 Å². The highest BCUT2D eigenvalue weighted by molar-refractivity contribution is 6.07. The van der Waals surface area contributed by atoms with Gasteiger partial charge in [0.25, 0.3) is 0 Å². The van der Waals surface area contributed by atoms with Gasteiger partial charge in [0, 0.05) is 21.9 Å². The number of fused-ring (bicyclic) bond motifs is 3. The molecule has 19 heavy (non-hydrogen) atoms. The lowest BCUT2D eigenvalue weighted by atomic mass is 10.1. The number of aromatic amines is 1. The molecule has 0 radical (unpaired) electrons. The van der Waals surface area contributed by atoms with Crippen LogP contribution in [0.25, 0.3) is 33.2 Å². The number of hydrogen-bond donors (Lipinski definition) is 1. The second-order valence-electron chi connectivity index (χ2n) is 4.63. The Morgan fingerprint density at radius 1 is 0.737 bits per heavy atom. The van der Waals surface area contributed by atoms with E-state index in [4.69, 9.17) is 0 Å². The second-order valence-corrected chi connectivity index (χ2v) is 4.63. The average molecular weight is 244 g/mol. The minimum Gasteiger partial charge on any atom is -0.339 e. The van der Waals surface area contributed by atoms with Gasteiger partial charge in [-0.05, 0) is 12.1 Å². The number of H-pyrrole nitrogens is 1. The van der Waals surface area contributed by atoms with Crippen LogP contribution in [0.1, 0.15) is 0 Å². The van der Waals surface area contributed by atoms with Gasteiger partial charge in [-0.15, -0.1) is 0 Å². The molecule has 2 heteroatoms. The number of benzene rings is 1. The summed E-state index contributed by atoms with van der Waals surface area (Å²) in [7, 11) is 0. The van der Waals surface area contributed by atoms with Crippen molar-refractivity contribution >= 4 is 21.9 Å². The van der Waals surface area contributed by atoms with Gasteiger partial charge in [0.2, 0.25) is 0 Å². The number of aromatic nitrogens is 2. The molecule has 0 aliphatic heterocycles. The molecule has 0 saturated heterocycles. The maximum atomic E-state index is 4.69. The molecule has 2 aromatic heterocycles. The summed E-state index contributed by atoms with van der Waals surface area (Å²) < 4.78 is 0. The summed E-state index contributed by atoms with van der Waals surface area (Å²) in [5.74, 6) is 0. The Hall–Kier alpha value is -2.61. The van der Waals surface area contributed by atoms with E-state index in [1.807, 2.05) is 30.3 Å². The molecule has 2 aromatic carbocycles. The van der Waals surface area contributed by atoms with E-state index in [1.165, 1.54) is 10.8 Å². The highest BCUT2D eigenvalue weighted by atomic mass is 14.9. The fourth-order valence-electron chi connectivity index (χ4n) is 2.49. The molecule has 4 rings (SSSR count). The molecule has 2 heterocycles. The molecule has 90 valence electrons. The molecule has 0 atom stereocenters. The lowest BCUT2D eigenvalue weighted by molar-refractivity contribution is 1.38. The van der Waals surface area contributed by atoms with Gasteiger partial charge < -0.3 is 4.98 Å². The summed E-state index contributed by atoms with van der Waals surface area (Å²) in [5.41, 5.74) is 4.26. The van der Waals surface area contributed by atoms with Gasteiger partial charge in [-0.2, -0.15) is 0 Å². The lowest BCUT2D eigenvalue weighted by Crippen LogP contribution is -1.75. The van der Waals surface area contributed by atoms with E-state index in [-0.39, 0.29) is 0 Å².